The van der Waals surface area contributed by atoms with E-state index in [9.17, 15) is 4.79 Å². The number of thioether (sulfide) groups is 1. The Morgan fingerprint density at radius 3 is 2.79 bits per heavy atom. The van der Waals surface area contributed by atoms with E-state index in [1.54, 1.807) is 0 Å². The van der Waals surface area contributed by atoms with Crippen molar-refractivity contribution in [1.82, 2.24) is 4.90 Å². The Balaban J connectivity index is 1.96. The molecule has 1 saturated heterocycles. The Morgan fingerprint density at radius 1 is 1.47 bits per heavy atom. The standard InChI is InChI=1S/C15H22N2OS/c1-11(13-3-5-14(16)6-4-13)9-15(18)17-7-8-19-10-12(17)2/h3-6,11-12H,7-10,16H2,1-2H3. The number of hydrogen-bond acceptors (Lipinski definition) is 3. The lowest BCUT2D eigenvalue weighted by molar-refractivity contribution is -0.133. The zero-order chi connectivity index (χ0) is 13.8. The largest absolute Gasteiger partial charge is 0.399 e. The van der Waals surface area contributed by atoms with Crippen molar-refractivity contribution in [1.29, 1.82) is 0 Å². The monoisotopic (exact) mass is 278 g/mol. The van der Waals surface area contributed by atoms with Crippen LogP contribution in [0.2, 0.25) is 0 Å². The molecule has 4 heteroatoms. The van der Waals surface area contributed by atoms with Crippen LogP contribution >= 0.6 is 11.8 Å². The van der Waals surface area contributed by atoms with Gasteiger partial charge in [-0.15, -0.1) is 0 Å². The highest BCUT2D eigenvalue weighted by atomic mass is 32.2. The molecule has 0 saturated carbocycles. The summed E-state index contributed by atoms with van der Waals surface area (Å²) in [5, 5.41) is 0. The molecule has 1 fully saturated rings. The van der Waals surface area contributed by atoms with Gasteiger partial charge in [0.1, 0.15) is 0 Å². The van der Waals surface area contributed by atoms with Gasteiger partial charge in [0.25, 0.3) is 0 Å². The normalized spacial score (nSPS) is 21.2. The molecule has 1 amide bonds. The molecule has 2 unspecified atom stereocenters. The molecule has 0 bridgehead atoms. The SMILES string of the molecule is CC(CC(=O)N1CCSCC1C)c1ccc(N)cc1. The van der Waals surface area contributed by atoms with E-state index in [2.05, 4.69) is 13.8 Å². The number of carbonyl (C=O) groups is 1. The van der Waals surface area contributed by atoms with Gasteiger partial charge in [0, 0.05) is 36.2 Å². The van der Waals surface area contributed by atoms with Crippen molar-refractivity contribution in [2.75, 3.05) is 23.8 Å². The van der Waals surface area contributed by atoms with Crippen molar-refractivity contribution < 1.29 is 4.79 Å². The van der Waals surface area contributed by atoms with Gasteiger partial charge in [-0.3, -0.25) is 4.79 Å². The zero-order valence-corrected chi connectivity index (χ0v) is 12.5. The average molecular weight is 278 g/mol. The third-order valence-corrected chi connectivity index (χ3v) is 4.86. The lowest BCUT2D eigenvalue weighted by Crippen LogP contribution is -2.44. The fraction of sp³-hybridized carbons (Fsp3) is 0.533. The van der Waals surface area contributed by atoms with Crippen LogP contribution in [0.25, 0.3) is 0 Å². The van der Waals surface area contributed by atoms with Crippen molar-refractivity contribution >= 4 is 23.4 Å². The van der Waals surface area contributed by atoms with Gasteiger partial charge in [0.15, 0.2) is 0 Å². The Labute approximate surface area is 119 Å². The van der Waals surface area contributed by atoms with Gasteiger partial charge in [-0.25, -0.2) is 0 Å². The summed E-state index contributed by atoms with van der Waals surface area (Å²) in [6, 6.07) is 8.20. The van der Waals surface area contributed by atoms with Crippen molar-refractivity contribution in [3.05, 3.63) is 29.8 Å². The molecule has 1 aliphatic rings. The van der Waals surface area contributed by atoms with Crippen LogP contribution in [0.1, 0.15) is 31.7 Å². The maximum Gasteiger partial charge on any atom is 0.223 e. The van der Waals surface area contributed by atoms with E-state index in [0.29, 0.717) is 12.5 Å². The van der Waals surface area contributed by atoms with E-state index in [0.717, 1.165) is 23.7 Å². The molecule has 104 valence electrons. The van der Waals surface area contributed by atoms with Gasteiger partial charge in [0.05, 0.1) is 0 Å². The topological polar surface area (TPSA) is 46.3 Å². The zero-order valence-electron chi connectivity index (χ0n) is 11.6. The van der Waals surface area contributed by atoms with E-state index in [1.165, 1.54) is 5.56 Å². The first-order valence-electron chi connectivity index (χ1n) is 6.80. The first-order valence-corrected chi connectivity index (χ1v) is 7.96. The van der Waals surface area contributed by atoms with Gasteiger partial charge in [-0.2, -0.15) is 11.8 Å². The van der Waals surface area contributed by atoms with Gasteiger partial charge in [0.2, 0.25) is 5.91 Å². The van der Waals surface area contributed by atoms with Crippen molar-refractivity contribution in [3.63, 3.8) is 0 Å². The molecule has 0 spiro atoms. The van der Waals surface area contributed by atoms with E-state index < -0.39 is 0 Å². The molecular formula is C15H22N2OS. The lowest BCUT2D eigenvalue weighted by Gasteiger charge is -2.33. The van der Waals surface area contributed by atoms with Gasteiger partial charge >= 0.3 is 0 Å². The quantitative estimate of drug-likeness (QED) is 0.865. The number of carbonyl (C=O) groups excluding carboxylic acids is 1. The summed E-state index contributed by atoms with van der Waals surface area (Å²) in [5.41, 5.74) is 7.64. The van der Waals surface area contributed by atoms with Crippen molar-refractivity contribution in [2.24, 2.45) is 0 Å². The van der Waals surface area contributed by atoms with Gasteiger partial charge in [-0.05, 0) is 30.5 Å². The predicted molar refractivity (Wildman–Crippen MR) is 82.4 cm³/mol. The second-order valence-corrected chi connectivity index (χ2v) is 6.43. The lowest BCUT2D eigenvalue weighted by atomic mass is 9.96. The molecule has 1 heterocycles. The summed E-state index contributed by atoms with van der Waals surface area (Å²) >= 11 is 1.93. The van der Waals surface area contributed by atoms with Crippen LogP contribution in [0.5, 0.6) is 0 Å². The fourth-order valence-corrected chi connectivity index (χ4v) is 3.43. The average Bonchev–Trinajstić information content (AvgIpc) is 2.39. The maximum atomic E-state index is 12.4. The second-order valence-electron chi connectivity index (χ2n) is 5.28. The maximum absolute atomic E-state index is 12.4. The molecule has 3 nitrogen and oxygen atoms in total. The minimum Gasteiger partial charge on any atom is -0.399 e. The predicted octanol–water partition coefficient (Wildman–Crippen LogP) is 2.73. The Hall–Kier alpha value is -1.16. The van der Waals surface area contributed by atoms with Crippen LogP contribution in [0.3, 0.4) is 0 Å². The Bertz CT molecular complexity index is 432. The van der Waals surface area contributed by atoms with Crippen molar-refractivity contribution in [2.45, 2.75) is 32.2 Å². The summed E-state index contributed by atoms with van der Waals surface area (Å²) in [6.45, 7) is 5.13. The summed E-state index contributed by atoms with van der Waals surface area (Å²) in [5.74, 6) is 2.64. The molecule has 2 N–H and O–H groups in total. The van der Waals surface area contributed by atoms with E-state index >= 15 is 0 Å². The second kappa shape index (κ2) is 6.33. The summed E-state index contributed by atoms with van der Waals surface area (Å²) < 4.78 is 0. The Morgan fingerprint density at radius 2 is 2.16 bits per heavy atom. The summed E-state index contributed by atoms with van der Waals surface area (Å²) in [6.07, 6.45) is 0.582. The molecule has 19 heavy (non-hydrogen) atoms. The van der Waals surface area contributed by atoms with Crippen LogP contribution in [0.15, 0.2) is 24.3 Å². The number of hydrogen-bond donors (Lipinski definition) is 1. The van der Waals surface area contributed by atoms with Crippen molar-refractivity contribution in [3.8, 4) is 0 Å². The molecular weight excluding hydrogens is 256 g/mol. The fourth-order valence-electron chi connectivity index (χ4n) is 2.42. The van der Waals surface area contributed by atoms with Crippen LogP contribution in [0, 0.1) is 0 Å². The molecule has 0 aliphatic carbocycles. The number of amides is 1. The third-order valence-electron chi connectivity index (χ3n) is 3.67. The number of nitrogen functional groups attached to an aromatic ring is 1. The first kappa shape index (κ1) is 14.3. The number of anilines is 1. The van der Waals surface area contributed by atoms with Gasteiger partial charge in [-0.1, -0.05) is 19.1 Å². The molecule has 2 atom stereocenters. The van der Waals surface area contributed by atoms with E-state index in [1.807, 2.05) is 40.9 Å². The molecule has 1 aromatic carbocycles. The van der Waals surface area contributed by atoms with Crippen LogP contribution in [-0.2, 0) is 4.79 Å². The van der Waals surface area contributed by atoms with Gasteiger partial charge < -0.3 is 10.6 Å². The summed E-state index contributed by atoms with van der Waals surface area (Å²) in [4.78, 5) is 14.4. The van der Waals surface area contributed by atoms with Crippen LogP contribution in [-0.4, -0.2) is 34.9 Å². The van der Waals surface area contributed by atoms with Crippen LogP contribution < -0.4 is 5.73 Å². The third kappa shape index (κ3) is 3.66. The minimum absolute atomic E-state index is 0.245. The number of nitrogens with two attached hydrogens (primary N) is 1. The highest BCUT2D eigenvalue weighted by Gasteiger charge is 2.24. The summed E-state index contributed by atoms with van der Waals surface area (Å²) in [7, 11) is 0. The minimum atomic E-state index is 0.245. The number of rotatable bonds is 3. The highest BCUT2D eigenvalue weighted by molar-refractivity contribution is 7.99. The molecule has 1 aliphatic heterocycles. The van der Waals surface area contributed by atoms with E-state index in [4.69, 9.17) is 5.73 Å². The van der Waals surface area contributed by atoms with E-state index in [-0.39, 0.29) is 11.8 Å². The molecule has 0 aromatic heterocycles. The highest BCUT2D eigenvalue weighted by Crippen LogP contribution is 2.23. The smallest absolute Gasteiger partial charge is 0.223 e. The molecule has 1 aromatic rings. The molecule has 2 rings (SSSR count). The number of nitrogens with zero attached hydrogens (tertiary/aromatic N) is 1. The van der Waals surface area contributed by atoms with Crippen LogP contribution in [0.4, 0.5) is 5.69 Å². The molecule has 0 radical (unpaired) electrons. The number of benzene rings is 1. The first-order chi connectivity index (χ1) is 9.08. The Kier molecular flexibility index (Phi) is 4.75.